The number of likely N-dealkylation sites (tertiary alicyclic amines) is 1. The Balaban J connectivity index is 1.86. The van der Waals surface area contributed by atoms with Gasteiger partial charge in [0.05, 0.1) is 31.8 Å². The summed E-state index contributed by atoms with van der Waals surface area (Å²) in [5.74, 6) is -0.935. The summed E-state index contributed by atoms with van der Waals surface area (Å²) in [6.07, 6.45) is 0.399. The summed E-state index contributed by atoms with van der Waals surface area (Å²) < 4.78 is 10.2. The van der Waals surface area contributed by atoms with Crippen LogP contribution >= 0.6 is 11.6 Å². The number of rotatable bonds is 3. The van der Waals surface area contributed by atoms with Crippen LogP contribution in [0, 0.1) is 0 Å². The Morgan fingerprint density at radius 2 is 2.27 bits per heavy atom. The minimum atomic E-state index is -1.01. The SMILES string of the molecule is COC(=O)CC(N)C(=O)N1CCCC2(C1)OC(=O)Nc1ccc(Cl)cc12. The first kappa shape index (κ1) is 18.5. The second-order valence-corrected chi connectivity index (χ2v) is 6.89. The lowest BCUT2D eigenvalue weighted by molar-refractivity contribution is -0.147. The lowest BCUT2D eigenvalue weighted by Crippen LogP contribution is -2.56. The van der Waals surface area contributed by atoms with E-state index in [0.29, 0.717) is 30.1 Å². The van der Waals surface area contributed by atoms with Crippen molar-refractivity contribution in [3.05, 3.63) is 28.8 Å². The molecule has 0 saturated carbocycles. The molecule has 26 heavy (non-hydrogen) atoms. The highest BCUT2D eigenvalue weighted by molar-refractivity contribution is 6.30. The average Bonchev–Trinajstić information content (AvgIpc) is 2.61. The number of carbonyl (C=O) groups excluding carboxylic acids is 3. The van der Waals surface area contributed by atoms with Crippen molar-refractivity contribution in [3.63, 3.8) is 0 Å². The second kappa shape index (κ2) is 7.13. The molecule has 1 spiro atoms. The van der Waals surface area contributed by atoms with Crippen LogP contribution in [0.4, 0.5) is 10.5 Å². The van der Waals surface area contributed by atoms with Gasteiger partial charge in [-0.25, -0.2) is 4.79 Å². The molecule has 3 N–H and O–H groups in total. The van der Waals surface area contributed by atoms with Gasteiger partial charge in [-0.05, 0) is 31.0 Å². The van der Waals surface area contributed by atoms with Crippen molar-refractivity contribution in [2.75, 3.05) is 25.5 Å². The van der Waals surface area contributed by atoms with Crippen LogP contribution in [0.25, 0.3) is 0 Å². The van der Waals surface area contributed by atoms with Gasteiger partial charge < -0.3 is 20.1 Å². The number of piperidine rings is 1. The molecule has 2 amide bonds. The molecule has 1 fully saturated rings. The third-order valence-corrected chi connectivity index (χ3v) is 4.93. The van der Waals surface area contributed by atoms with E-state index in [1.807, 2.05) is 0 Å². The number of amides is 2. The van der Waals surface area contributed by atoms with Gasteiger partial charge in [0, 0.05) is 17.1 Å². The Hall–Kier alpha value is -2.32. The summed E-state index contributed by atoms with van der Waals surface area (Å²) in [5.41, 5.74) is 6.21. The van der Waals surface area contributed by atoms with Crippen LogP contribution in [0.1, 0.15) is 24.8 Å². The Morgan fingerprint density at radius 3 is 3.00 bits per heavy atom. The molecule has 2 aliphatic heterocycles. The molecule has 9 heteroatoms. The quantitative estimate of drug-likeness (QED) is 0.769. The van der Waals surface area contributed by atoms with E-state index >= 15 is 0 Å². The number of nitrogens with one attached hydrogen (secondary N) is 1. The zero-order valence-corrected chi connectivity index (χ0v) is 15.0. The predicted octanol–water partition coefficient (Wildman–Crippen LogP) is 1.61. The number of esters is 1. The number of hydrogen-bond donors (Lipinski definition) is 2. The number of nitrogens with two attached hydrogens (primary N) is 1. The van der Waals surface area contributed by atoms with Crippen molar-refractivity contribution >= 4 is 35.3 Å². The van der Waals surface area contributed by atoms with Crippen molar-refractivity contribution in [2.24, 2.45) is 5.73 Å². The number of fused-ring (bicyclic) bond motifs is 2. The predicted molar refractivity (Wildman–Crippen MR) is 93.7 cm³/mol. The summed E-state index contributed by atoms with van der Waals surface area (Å²) in [6.45, 7) is 0.623. The number of ether oxygens (including phenoxy) is 2. The molecule has 2 atom stereocenters. The third-order valence-electron chi connectivity index (χ3n) is 4.70. The first-order valence-electron chi connectivity index (χ1n) is 8.26. The lowest BCUT2D eigenvalue weighted by atomic mass is 9.83. The summed E-state index contributed by atoms with van der Waals surface area (Å²) in [5, 5.41) is 3.16. The van der Waals surface area contributed by atoms with Gasteiger partial charge in [0.2, 0.25) is 5.91 Å². The van der Waals surface area contributed by atoms with E-state index < -0.39 is 23.7 Å². The van der Waals surface area contributed by atoms with E-state index in [0.717, 1.165) is 5.56 Å². The fraction of sp³-hybridized carbons (Fsp3) is 0.471. The molecular formula is C17H20ClN3O5. The molecule has 8 nitrogen and oxygen atoms in total. The monoisotopic (exact) mass is 381 g/mol. The van der Waals surface area contributed by atoms with Gasteiger partial charge in [0.25, 0.3) is 0 Å². The van der Waals surface area contributed by atoms with Gasteiger partial charge in [-0.1, -0.05) is 11.6 Å². The van der Waals surface area contributed by atoms with Crippen LogP contribution in [0.3, 0.4) is 0 Å². The summed E-state index contributed by atoms with van der Waals surface area (Å²) in [4.78, 5) is 37.6. The standard InChI is InChI=1S/C17H20ClN3O5/c1-25-14(22)8-12(19)15(23)21-6-2-5-17(9-21)11-7-10(18)3-4-13(11)20-16(24)26-17/h3-4,7,12H,2,5-6,8-9,19H2,1H3,(H,20,24). The van der Waals surface area contributed by atoms with Crippen molar-refractivity contribution in [1.82, 2.24) is 4.90 Å². The number of anilines is 1. The summed E-state index contributed by atoms with van der Waals surface area (Å²) in [7, 11) is 1.24. The number of methoxy groups -OCH3 is 1. The molecule has 1 aromatic rings. The molecule has 0 radical (unpaired) electrons. The fourth-order valence-corrected chi connectivity index (χ4v) is 3.64. The van der Waals surface area contributed by atoms with E-state index in [1.54, 1.807) is 18.2 Å². The van der Waals surface area contributed by atoms with Crippen molar-refractivity contribution in [2.45, 2.75) is 30.9 Å². The van der Waals surface area contributed by atoms with E-state index in [1.165, 1.54) is 12.0 Å². The van der Waals surface area contributed by atoms with Gasteiger partial charge in [-0.2, -0.15) is 0 Å². The number of carbonyl (C=O) groups is 3. The maximum atomic E-state index is 12.6. The third kappa shape index (κ3) is 3.47. The lowest BCUT2D eigenvalue weighted by Gasteiger charge is -2.45. The molecule has 0 bridgehead atoms. The topological polar surface area (TPSA) is 111 Å². The minimum absolute atomic E-state index is 0.154. The van der Waals surface area contributed by atoms with Gasteiger partial charge in [-0.3, -0.25) is 14.9 Å². The molecule has 1 aromatic carbocycles. The number of nitrogens with zero attached hydrogens (tertiary/aromatic N) is 1. The Bertz CT molecular complexity index is 756. The minimum Gasteiger partial charge on any atom is -0.469 e. The van der Waals surface area contributed by atoms with E-state index in [9.17, 15) is 14.4 Å². The molecular weight excluding hydrogens is 362 g/mol. The van der Waals surface area contributed by atoms with Crippen molar-refractivity contribution < 1.29 is 23.9 Å². The van der Waals surface area contributed by atoms with Crippen LogP contribution in [-0.2, 0) is 24.7 Å². The largest absolute Gasteiger partial charge is 0.469 e. The average molecular weight is 382 g/mol. The molecule has 0 aliphatic carbocycles. The maximum absolute atomic E-state index is 12.6. The Labute approximate surface area is 155 Å². The van der Waals surface area contributed by atoms with Gasteiger partial charge in [0.1, 0.15) is 0 Å². The maximum Gasteiger partial charge on any atom is 0.412 e. The van der Waals surface area contributed by atoms with Crippen molar-refractivity contribution in [1.29, 1.82) is 0 Å². The molecule has 3 rings (SSSR count). The van der Waals surface area contributed by atoms with Crippen LogP contribution in [-0.4, -0.2) is 49.1 Å². The molecule has 2 unspecified atom stereocenters. The fourth-order valence-electron chi connectivity index (χ4n) is 3.47. The van der Waals surface area contributed by atoms with Gasteiger partial charge in [-0.15, -0.1) is 0 Å². The molecule has 0 aromatic heterocycles. The van der Waals surface area contributed by atoms with Crippen LogP contribution < -0.4 is 11.1 Å². The normalized spacial score (nSPS) is 22.9. The smallest absolute Gasteiger partial charge is 0.412 e. The molecule has 2 heterocycles. The van der Waals surface area contributed by atoms with E-state index in [2.05, 4.69) is 10.1 Å². The van der Waals surface area contributed by atoms with Crippen LogP contribution in [0.15, 0.2) is 18.2 Å². The second-order valence-electron chi connectivity index (χ2n) is 6.45. The first-order chi connectivity index (χ1) is 12.3. The van der Waals surface area contributed by atoms with Crippen molar-refractivity contribution in [3.8, 4) is 0 Å². The number of benzene rings is 1. The Morgan fingerprint density at radius 1 is 1.50 bits per heavy atom. The highest BCUT2D eigenvalue weighted by atomic mass is 35.5. The number of halogens is 1. The summed E-state index contributed by atoms with van der Waals surface area (Å²) in [6, 6.07) is 4.12. The van der Waals surface area contributed by atoms with Crippen LogP contribution in [0.5, 0.6) is 0 Å². The molecule has 140 valence electrons. The summed E-state index contributed by atoms with van der Waals surface area (Å²) >= 11 is 6.12. The van der Waals surface area contributed by atoms with Crippen LogP contribution in [0.2, 0.25) is 5.02 Å². The highest BCUT2D eigenvalue weighted by Crippen LogP contribution is 2.43. The van der Waals surface area contributed by atoms with E-state index in [4.69, 9.17) is 22.1 Å². The first-order valence-corrected chi connectivity index (χ1v) is 8.63. The Kier molecular flexibility index (Phi) is 5.06. The van der Waals surface area contributed by atoms with E-state index in [-0.39, 0.29) is 18.9 Å². The number of hydrogen-bond acceptors (Lipinski definition) is 6. The van der Waals surface area contributed by atoms with Gasteiger partial charge in [0.15, 0.2) is 5.60 Å². The van der Waals surface area contributed by atoms with Gasteiger partial charge >= 0.3 is 12.1 Å². The molecule has 1 saturated heterocycles. The zero-order valence-electron chi connectivity index (χ0n) is 14.3. The molecule has 2 aliphatic rings. The zero-order chi connectivity index (χ0) is 18.9. The highest BCUT2D eigenvalue weighted by Gasteiger charge is 2.46.